The van der Waals surface area contributed by atoms with Crippen molar-refractivity contribution in [1.29, 1.82) is 0 Å². The third-order valence-corrected chi connectivity index (χ3v) is 5.08. The van der Waals surface area contributed by atoms with E-state index in [1.54, 1.807) is 7.11 Å². The number of methoxy groups -OCH3 is 1. The summed E-state index contributed by atoms with van der Waals surface area (Å²) in [5, 5.41) is 3.12. The van der Waals surface area contributed by atoms with Gasteiger partial charge in [-0.3, -0.25) is 9.69 Å². The summed E-state index contributed by atoms with van der Waals surface area (Å²) in [6.07, 6.45) is 1.39. The van der Waals surface area contributed by atoms with E-state index < -0.39 is 0 Å². The number of rotatable bonds is 7. The molecule has 0 unspecified atom stereocenters. The summed E-state index contributed by atoms with van der Waals surface area (Å²) in [5.41, 5.74) is 0.912. The molecular formula is C19H28N2O4. The first-order valence-electron chi connectivity index (χ1n) is 9.06. The van der Waals surface area contributed by atoms with Gasteiger partial charge in [-0.15, -0.1) is 0 Å². The second-order valence-corrected chi connectivity index (χ2v) is 6.63. The Bertz CT molecular complexity index is 554. The highest BCUT2D eigenvalue weighted by molar-refractivity contribution is 5.79. The highest BCUT2D eigenvalue weighted by Gasteiger charge is 2.31. The van der Waals surface area contributed by atoms with Gasteiger partial charge in [0.25, 0.3) is 0 Å². The van der Waals surface area contributed by atoms with Crippen LogP contribution in [0.3, 0.4) is 0 Å². The predicted molar refractivity (Wildman–Crippen MR) is 94.8 cm³/mol. The lowest BCUT2D eigenvalue weighted by molar-refractivity contribution is -0.121. The molecule has 6 nitrogen and oxygen atoms in total. The second kappa shape index (κ2) is 9.17. The molecule has 3 rings (SSSR count). The molecule has 0 radical (unpaired) electrons. The van der Waals surface area contributed by atoms with E-state index in [1.165, 1.54) is 0 Å². The first-order chi connectivity index (χ1) is 12.3. The summed E-state index contributed by atoms with van der Waals surface area (Å²) < 4.78 is 16.4. The van der Waals surface area contributed by atoms with Crippen molar-refractivity contribution in [2.45, 2.75) is 18.9 Å². The molecule has 6 heteroatoms. The maximum Gasteiger partial charge on any atom is 0.224 e. The molecule has 0 saturated carbocycles. The molecule has 1 N–H and O–H groups in total. The van der Waals surface area contributed by atoms with Gasteiger partial charge in [0.05, 0.1) is 33.4 Å². The fraction of sp³-hybridized carbons (Fsp3) is 0.632. The topological polar surface area (TPSA) is 60.0 Å². The number of para-hydroxylation sites is 1. The molecule has 2 fully saturated rings. The van der Waals surface area contributed by atoms with E-state index in [2.05, 4.69) is 10.2 Å². The average molecular weight is 348 g/mol. The van der Waals surface area contributed by atoms with Crippen molar-refractivity contribution in [3.63, 3.8) is 0 Å². The Kier molecular flexibility index (Phi) is 6.67. The van der Waals surface area contributed by atoms with Gasteiger partial charge in [0.1, 0.15) is 5.75 Å². The van der Waals surface area contributed by atoms with Crippen LogP contribution in [0.25, 0.3) is 0 Å². The Morgan fingerprint density at radius 2 is 2.08 bits per heavy atom. The van der Waals surface area contributed by atoms with Crippen LogP contribution in [0.4, 0.5) is 0 Å². The minimum absolute atomic E-state index is 0.0293. The van der Waals surface area contributed by atoms with Crippen LogP contribution >= 0.6 is 0 Å². The zero-order valence-electron chi connectivity index (χ0n) is 14.9. The largest absolute Gasteiger partial charge is 0.496 e. The standard InChI is InChI=1S/C19H28N2O4/c1-23-18-5-3-2-4-15(18)12-19(22)20-13-17(16-6-9-25-14-16)21-7-10-24-11-8-21/h2-5,16-17H,6-14H2,1H3,(H,20,22)/t16-,17-/m1/s1. The quantitative estimate of drug-likeness (QED) is 0.799. The smallest absolute Gasteiger partial charge is 0.224 e. The predicted octanol–water partition coefficient (Wildman–Crippen LogP) is 1.09. The van der Waals surface area contributed by atoms with Crippen LogP contribution in [-0.2, 0) is 20.7 Å². The fourth-order valence-electron chi connectivity index (χ4n) is 3.66. The summed E-state index contributed by atoms with van der Waals surface area (Å²) in [6, 6.07) is 7.97. The van der Waals surface area contributed by atoms with E-state index in [1.807, 2.05) is 24.3 Å². The lowest BCUT2D eigenvalue weighted by atomic mass is 9.96. The minimum Gasteiger partial charge on any atom is -0.496 e. The van der Waals surface area contributed by atoms with Crippen molar-refractivity contribution in [3.8, 4) is 5.75 Å². The molecule has 2 saturated heterocycles. The van der Waals surface area contributed by atoms with Crippen LogP contribution in [0.5, 0.6) is 5.75 Å². The monoisotopic (exact) mass is 348 g/mol. The number of benzene rings is 1. The van der Waals surface area contributed by atoms with E-state index in [4.69, 9.17) is 14.2 Å². The number of nitrogens with zero attached hydrogens (tertiary/aromatic N) is 1. The van der Waals surface area contributed by atoms with Gasteiger partial charge < -0.3 is 19.5 Å². The lowest BCUT2D eigenvalue weighted by Crippen LogP contribution is -2.52. The fourth-order valence-corrected chi connectivity index (χ4v) is 3.66. The SMILES string of the molecule is COc1ccccc1CC(=O)NC[C@H]([C@@H]1CCOC1)N1CCOCC1. The van der Waals surface area contributed by atoms with E-state index in [0.717, 1.165) is 57.3 Å². The van der Waals surface area contributed by atoms with Gasteiger partial charge in [0, 0.05) is 43.8 Å². The highest BCUT2D eigenvalue weighted by Crippen LogP contribution is 2.22. The van der Waals surface area contributed by atoms with Gasteiger partial charge in [-0.05, 0) is 12.5 Å². The molecule has 2 heterocycles. The first-order valence-corrected chi connectivity index (χ1v) is 9.06. The molecule has 2 aliphatic rings. The summed E-state index contributed by atoms with van der Waals surface area (Å²) in [4.78, 5) is 14.9. The summed E-state index contributed by atoms with van der Waals surface area (Å²) >= 11 is 0. The molecule has 0 spiro atoms. The first kappa shape index (κ1) is 18.2. The zero-order valence-corrected chi connectivity index (χ0v) is 14.9. The van der Waals surface area contributed by atoms with E-state index in [9.17, 15) is 4.79 Å². The number of amides is 1. The van der Waals surface area contributed by atoms with Crippen LogP contribution in [0.1, 0.15) is 12.0 Å². The van der Waals surface area contributed by atoms with Crippen molar-refractivity contribution >= 4 is 5.91 Å². The van der Waals surface area contributed by atoms with Gasteiger partial charge >= 0.3 is 0 Å². The van der Waals surface area contributed by atoms with Crippen molar-refractivity contribution in [1.82, 2.24) is 10.2 Å². The van der Waals surface area contributed by atoms with Crippen LogP contribution < -0.4 is 10.1 Å². The Labute approximate surface area is 149 Å². The Hall–Kier alpha value is -1.63. The third-order valence-electron chi connectivity index (χ3n) is 5.08. The molecule has 2 aliphatic heterocycles. The summed E-state index contributed by atoms with van der Waals surface area (Å²) in [6.45, 7) is 5.62. The van der Waals surface area contributed by atoms with Crippen LogP contribution in [0.15, 0.2) is 24.3 Å². The maximum absolute atomic E-state index is 12.4. The molecule has 25 heavy (non-hydrogen) atoms. The van der Waals surface area contributed by atoms with Crippen LogP contribution in [-0.4, -0.2) is 70.0 Å². The molecule has 0 bridgehead atoms. The Morgan fingerprint density at radius 3 is 2.80 bits per heavy atom. The molecule has 138 valence electrons. The summed E-state index contributed by atoms with van der Waals surface area (Å²) in [7, 11) is 1.63. The van der Waals surface area contributed by atoms with Crippen molar-refractivity contribution in [2.75, 3.05) is 53.2 Å². The molecule has 2 atom stereocenters. The van der Waals surface area contributed by atoms with Crippen molar-refractivity contribution in [3.05, 3.63) is 29.8 Å². The minimum atomic E-state index is 0.0293. The number of carbonyl (C=O) groups excluding carboxylic acids is 1. The molecule has 0 aliphatic carbocycles. The summed E-state index contributed by atoms with van der Waals surface area (Å²) in [5.74, 6) is 1.26. The zero-order chi connectivity index (χ0) is 17.5. The number of morpholine rings is 1. The third kappa shape index (κ3) is 4.93. The van der Waals surface area contributed by atoms with E-state index in [0.29, 0.717) is 24.9 Å². The van der Waals surface area contributed by atoms with Crippen LogP contribution in [0, 0.1) is 5.92 Å². The maximum atomic E-state index is 12.4. The number of carbonyl (C=O) groups is 1. The van der Waals surface area contributed by atoms with Gasteiger partial charge in [-0.25, -0.2) is 0 Å². The highest BCUT2D eigenvalue weighted by atomic mass is 16.5. The lowest BCUT2D eigenvalue weighted by Gasteiger charge is -2.37. The van der Waals surface area contributed by atoms with Gasteiger partial charge in [-0.1, -0.05) is 18.2 Å². The molecule has 1 amide bonds. The van der Waals surface area contributed by atoms with Crippen LogP contribution in [0.2, 0.25) is 0 Å². The number of hydrogen-bond acceptors (Lipinski definition) is 5. The number of nitrogens with one attached hydrogen (secondary N) is 1. The van der Waals surface area contributed by atoms with Crippen molar-refractivity contribution in [2.24, 2.45) is 5.92 Å². The molecule has 0 aromatic heterocycles. The Balaban J connectivity index is 1.57. The van der Waals surface area contributed by atoms with Crippen molar-refractivity contribution < 1.29 is 19.0 Å². The average Bonchev–Trinajstić information content (AvgIpc) is 3.18. The molecule has 1 aromatic rings. The normalized spacial score (nSPS) is 22.5. The molecule has 1 aromatic carbocycles. The Morgan fingerprint density at radius 1 is 1.28 bits per heavy atom. The van der Waals surface area contributed by atoms with E-state index in [-0.39, 0.29) is 5.91 Å². The molecular weight excluding hydrogens is 320 g/mol. The number of hydrogen-bond donors (Lipinski definition) is 1. The van der Waals surface area contributed by atoms with E-state index >= 15 is 0 Å². The van der Waals surface area contributed by atoms with Gasteiger partial charge in [0.2, 0.25) is 5.91 Å². The number of ether oxygens (including phenoxy) is 3. The second-order valence-electron chi connectivity index (χ2n) is 6.63. The van der Waals surface area contributed by atoms with Gasteiger partial charge in [-0.2, -0.15) is 0 Å². The van der Waals surface area contributed by atoms with Gasteiger partial charge in [0.15, 0.2) is 0 Å².